The fourth-order valence-corrected chi connectivity index (χ4v) is 4.27. The summed E-state index contributed by atoms with van der Waals surface area (Å²) in [6.07, 6.45) is 7.38. The minimum atomic E-state index is -0.490. The number of aromatic amines is 1. The number of aryl methyl sites for hydroxylation is 1. The van der Waals surface area contributed by atoms with E-state index in [9.17, 15) is 9.59 Å². The van der Waals surface area contributed by atoms with E-state index < -0.39 is 6.03 Å². The van der Waals surface area contributed by atoms with Crippen LogP contribution >= 0.6 is 23.1 Å². The molecule has 0 aromatic carbocycles. The van der Waals surface area contributed by atoms with Crippen LogP contribution in [0.1, 0.15) is 42.8 Å². The van der Waals surface area contributed by atoms with Crippen LogP contribution in [0.2, 0.25) is 0 Å². The molecule has 26 heavy (non-hydrogen) atoms. The van der Waals surface area contributed by atoms with E-state index in [0.29, 0.717) is 11.7 Å². The van der Waals surface area contributed by atoms with Crippen LogP contribution in [0.15, 0.2) is 22.7 Å². The molecule has 0 aliphatic heterocycles. The number of H-pyrrole nitrogens is 1. The molecule has 1 aliphatic carbocycles. The zero-order valence-electron chi connectivity index (χ0n) is 14.5. The molecule has 9 heteroatoms. The van der Waals surface area contributed by atoms with Gasteiger partial charge in [0.2, 0.25) is 11.1 Å². The number of hydrogen-bond acceptors (Lipinski definition) is 6. The summed E-state index contributed by atoms with van der Waals surface area (Å²) in [6, 6.07) is 3.35. The summed E-state index contributed by atoms with van der Waals surface area (Å²) in [5, 5.41) is 14.5. The maximum atomic E-state index is 11.8. The minimum Gasteiger partial charge on any atom is -0.333 e. The van der Waals surface area contributed by atoms with Crippen LogP contribution in [-0.4, -0.2) is 32.9 Å². The Morgan fingerprint density at radius 1 is 1.35 bits per heavy atom. The van der Waals surface area contributed by atoms with Gasteiger partial charge in [0.05, 0.1) is 12.3 Å². The Labute approximate surface area is 160 Å². The number of thioether (sulfide) groups is 1. The second kappa shape index (κ2) is 9.72. The molecule has 7 nitrogen and oxygen atoms in total. The second-order valence-electron chi connectivity index (χ2n) is 6.35. The van der Waals surface area contributed by atoms with Gasteiger partial charge in [-0.05, 0) is 23.8 Å². The van der Waals surface area contributed by atoms with Gasteiger partial charge in [-0.25, -0.2) is 9.78 Å². The number of hydrogen-bond donors (Lipinski definition) is 3. The van der Waals surface area contributed by atoms with Crippen LogP contribution < -0.4 is 10.6 Å². The Kier molecular flexibility index (Phi) is 7.07. The Morgan fingerprint density at radius 3 is 2.96 bits per heavy atom. The number of carbonyl (C=O) groups is 2. The number of rotatable bonds is 8. The number of thiophene rings is 1. The highest BCUT2D eigenvalue weighted by molar-refractivity contribution is 7.99. The fraction of sp³-hybridized carbons (Fsp3) is 0.529. The summed E-state index contributed by atoms with van der Waals surface area (Å²) in [5.41, 5.74) is 0. The second-order valence-corrected chi connectivity index (χ2v) is 8.33. The van der Waals surface area contributed by atoms with Crippen molar-refractivity contribution in [1.82, 2.24) is 25.8 Å². The maximum Gasteiger partial charge on any atom is 0.321 e. The maximum absolute atomic E-state index is 11.8. The molecule has 140 valence electrons. The van der Waals surface area contributed by atoms with Gasteiger partial charge in [0, 0.05) is 11.3 Å². The van der Waals surface area contributed by atoms with Crippen molar-refractivity contribution in [3.8, 4) is 0 Å². The van der Waals surface area contributed by atoms with Crippen LogP contribution in [0.5, 0.6) is 0 Å². The molecule has 0 bridgehead atoms. The average molecular weight is 394 g/mol. The largest absolute Gasteiger partial charge is 0.333 e. The van der Waals surface area contributed by atoms with Gasteiger partial charge >= 0.3 is 6.03 Å². The lowest BCUT2D eigenvalue weighted by Crippen LogP contribution is -2.39. The Balaban J connectivity index is 1.32. The number of imide groups is 1. The molecule has 3 rings (SSSR count). The molecule has 0 unspecified atom stereocenters. The summed E-state index contributed by atoms with van der Waals surface area (Å²) in [7, 11) is 0. The zero-order valence-corrected chi connectivity index (χ0v) is 16.1. The molecular weight excluding hydrogens is 370 g/mol. The monoisotopic (exact) mass is 393 g/mol. The third-order valence-corrected chi connectivity index (χ3v) is 6.09. The van der Waals surface area contributed by atoms with Crippen molar-refractivity contribution in [1.29, 1.82) is 0 Å². The van der Waals surface area contributed by atoms with E-state index in [-0.39, 0.29) is 11.7 Å². The summed E-state index contributed by atoms with van der Waals surface area (Å²) < 4.78 is 0. The van der Waals surface area contributed by atoms with E-state index in [1.54, 1.807) is 11.3 Å². The fourth-order valence-electron chi connectivity index (χ4n) is 3.01. The molecule has 2 aromatic heterocycles. The lowest BCUT2D eigenvalue weighted by molar-refractivity contribution is -0.117. The predicted octanol–water partition coefficient (Wildman–Crippen LogP) is 3.11. The molecule has 2 heterocycles. The first-order valence-electron chi connectivity index (χ1n) is 8.83. The molecule has 3 amide bonds. The van der Waals surface area contributed by atoms with Crippen LogP contribution in [0, 0.1) is 5.92 Å². The standard InChI is InChI=1S/C17H23N5O2S2/c23-15(20-16(24)18-10-13-6-3-9-25-13)11-26-17-19-14(21-22-17)8-7-12-4-1-2-5-12/h3,6,9,12H,1-2,4-5,7-8,10-11H2,(H,19,21,22)(H2,18,20,23,24). The van der Waals surface area contributed by atoms with Gasteiger partial charge in [-0.1, -0.05) is 43.5 Å². The van der Waals surface area contributed by atoms with E-state index in [2.05, 4.69) is 25.8 Å². The first kappa shape index (κ1) is 18.9. The van der Waals surface area contributed by atoms with Crippen molar-refractivity contribution in [3.05, 3.63) is 28.2 Å². The van der Waals surface area contributed by atoms with E-state index >= 15 is 0 Å². The number of carbonyl (C=O) groups excluding carboxylic acids is 2. The first-order chi connectivity index (χ1) is 12.7. The van der Waals surface area contributed by atoms with Gasteiger partial charge in [0.1, 0.15) is 5.82 Å². The molecule has 1 aliphatic rings. The number of urea groups is 1. The molecule has 0 atom stereocenters. The number of amides is 3. The van der Waals surface area contributed by atoms with Crippen LogP contribution in [0.4, 0.5) is 4.79 Å². The van der Waals surface area contributed by atoms with Gasteiger partial charge in [0.25, 0.3) is 0 Å². The van der Waals surface area contributed by atoms with Gasteiger partial charge < -0.3 is 5.32 Å². The van der Waals surface area contributed by atoms with Gasteiger partial charge in [0.15, 0.2) is 0 Å². The summed E-state index contributed by atoms with van der Waals surface area (Å²) in [5.74, 6) is 1.42. The molecule has 0 spiro atoms. The molecule has 1 fully saturated rings. The normalized spacial score (nSPS) is 14.5. The van der Waals surface area contributed by atoms with Crippen molar-refractivity contribution in [3.63, 3.8) is 0 Å². The summed E-state index contributed by atoms with van der Waals surface area (Å²) in [4.78, 5) is 29.0. The van der Waals surface area contributed by atoms with Crippen LogP contribution in [-0.2, 0) is 17.8 Å². The van der Waals surface area contributed by atoms with Gasteiger partial charge in [-0.2, -0.15) is 0 Å². The first-order valence-corrected chi connectivity index (χ1v) is 10.7. The molecule has 1 saturated carbocycles. The van der Waals surface area contributed by atoms with Crippen molar-refractivity contribution >= 4 is 35.0 Å². The average Bonchev–Trinajstić information content (AvgIpc) is 3.39. The Bertz CT molecular complexity index is 711. The van der Waals surface area contributed by atoms with E-state index in [1.807, 2.05) is 17.5 Å². The lowest BCUT2D eigenvalue weighted by atomic mass is 10.0. The third kappa shape index (κ3) is 6.14. The van der Waals surface area contributed by atoms with E-state index in [1.165, 1.54) is 37.4 Å². The minimum absolute atomic E-state index is 0.104. The van der Waals surface area contributed by atoms with Gasteiger partial charge in [-0.15, -0.1) is 16.4 Å². The number of nitrogens with zero attached hydrogens (tertiary/aromatic N) is 2. The highest BCUT2D eigenvalue weighted by Gasteiger charge is 2.16. The highest BCUT2D eigenvalue weighted by atomic mass is 32.2. The highest BCUT2D eigenvalue weighted by Crippen LogP contribution is 2.28. The van der Waals surface area contributed by atoms with Gasteiger partial charge in [-0.3, -0.25) is 15.2 Å². The Morgan fingerprint density at radius 2 is 2.19 bits per heavy atom. The summed E-state index contributed by atoms with van der Waals surface area (Å²) >= 11 is 2.78. The smallest absolute Gasteiger partial charge is 0.321 e. The van der Waals surface area contributed by atoms with Crippen molar-refractivity contribution < 1.29 is 9.59 Å². The number of aromatic nitrogens is 3. The third-order valence-electron chi connectivity index (χ3n) is 4.36. The predicted molar refractivity (Wildman–Crippen MR) is 102 cm³/mol. The molecule has 0 radical (unpaired) electrons. The molecule has 2 aromatic rings. The quantitative estimate of drug-likeness (QED) is 0.599. The number of nitrogens with one attached hydrogen (secondary N) is 3. The van der Waals surface area contributed by atoms with Crippen LogP contribution in [0.3, 0.4) is 0 Å². The Hall–Kier alpha value is -1.87. The zero-order chi connectivity index (χ0) is 18.2. The molecule has 0 saturated heterocycles. The van der Waals surface area contributed by atoms with E-state index in [0.717, 1.165) is 29.5 Å². The molecular formula is C17H23N5O2S2. The van der Waals surface area contributed by atoms with Crippen LogP contribution in [0.25, 0.3) is 0 Å². The lowest BCUT2D eigenvalue weighted by Gasteiger charge is -2.05. The summed E-state index contributed by atoms with van der Waals surface area (Å²) in [6.45, 7) is 0.412. The SMILES string of the molecule is O=C(CSc1n[nH]c(CCC2CCCC2)n1)NC(=O)NCc1cccs1. The van der Waals surface area contributed by atoms with Crippen molar-refractivity contribution in [2.75, 3.05) is 5.75 Å². The van der Waals surface area contributed by atoms with Crippen molar-refractivity contribution in [2.45, 2.75) is 50.2 Å². The molecule has 3 N–H and O–H groups in total. The van der Waals surface area contributed by atoms with E-state index in [4.69, 9.17) is 0 Å². The topological polar surface area (TPSA) is 99.8 Å². The van der Waals surface area contributed by atoms with Crippen molar-refractivity contribution in [2.24, 2.45) is 5.92 Å².